The lowest BCUT2D eigenvalue weighted by Gasteiger charge is -2.33. The minimum Gasteiger partial charge on any atom is -0.350 e. The van der Waals surface area contributed by atoms with E-state index in [0.717, 1.165) is 11.1 Å². The molecule has 0 saturated carbocycles. The number of hydrogen-bond donors (Lipinski definition) is 1. The van der Waals surface area contributed by atoms with E-state index in [1.165, 1.54) is 11.8 Å². The summed E-state index contributed by atoms with van der Waals surface area (Å²) in [5, 5.41) is 3.72. The van der Waals surface area contributed by atoms with Gasteiger partial charge in [-0.2, -0.15) is 0 Å². The van der Waals surface area contributed by atoms with Gasteiger partial charge in [-0.3, -0.25) is 9.59 Å². The summed E-state index contributed by atoms with van der Waals surface area (Å²) in [5.41, 5.74) is 1.73. The number of nitrogens with zero attached hydrogens (tertiary/aromatic N) is 1. The summed E-state index contributed by atoms with van der Waals surface area (Å²) in [6.07, 6.45) is 0.555. The van der Waals surface area contributed by atoms with Crippen LogP contribution in [0.3, 0.4) is 0 Å². The van der Waals surface area contributed by atoms with Crippen molar-refractivity contribution in [1.82, 2.24) is 10.2 Å². The Morgan fingerprint density at radius 2 is 1.73 bits per heavy atom. The molecule has 1 N–H and O–H groups in total. The minimum absolute atomic E-state index is 0.0400. The van der Waals surface area contributed by atoms with Gasteiger partial charge in [0.2, 0.25) is 11.8 Å². The first-order valence-electron chi connectivity index (χ1n) is 10.2. The number of halogens is 1. The van der Waals surface area contributed by atoms with Gasteiger partial charge in [0.25, 0.3) is 0 Å². The quantitative estimate of drug-likeness (QED) is 0.568. The van der Waals surface area contributed by atoms with E-state index in [0.29, 0.717) is 29.5 Å². The van der Waals surface area contributed by atoms with Crippen LogP contribution in [0.4, 0.5) is 0 Å². The smallest absolute Gasteiger partial charge is 0.243 e. The molecule has 1 atom stereocenters. The standard InChI is InChI=1S/C24H31ClN2O2S/c1-5-21(23(29)26-24(2,3)4)27(15-18-10-7-6-8-11-18)22(28)17-30-16-19-12-9-13-20(25)14-19/h6-14,21H,5,15-17H2,1-4H3,(H,26,29). The first-order chi connectivity index (χ1) is 14.2. The number of carbonyl (C=O) groups is 2. The van der Waals surface area contributed by atoms with Crippen LogP contribution in [0.1, 0.15) is 45.2 Å². The highest BCUT2D eigenvalue weighted by Crippen LogP contribution is 2.19. The highest BCUT2D eigenvalue weighted by atomic mass is 35.5. The molecule has 162 valence electrons. The molecule has 0 heterocycles. The van der Waals surface area contributed by atoms with Crippen molar-refractivity contribution in [1.29, 1.82) is 0 Å². The summed E-state index contributed by atoms with van der Waals surface area (Å²) in [5.74, 6) is 0.839. The van der Waals surface area contributed by atoms with Crippen molar-refractivity contribution in [2.75, 3.05) is 5.75 Å². The van der Waals surface area contributed by atoms with Gasteiger partial charge < -0.3 is 10.2 Å². The Morgan fingerprint density at radius 3 is 2.33 bits per heavy atom. The first-order valence-corrected chi connectivity index (χ1v) is 11.7. The molecule has 0 spiro atoms. The molecule has 2 aromatic rings. The third kappa shape index (κ3) is 8.04. The molecular weight excluding hydrogens is 416 g/mol. The van der Waals surface area contributed by atoms with Crippen molar-refractivity contribution >= 4 is 35.2 Å². The van der Waals surface area contributed by atoms with E-state index in [9.17, 15) is 9.59 Å². The van der Waals surface area contributed by atoms with Crippen LogP contribution >= 0.6 is 23.4 Å². The van der Waals surface area contributed by atoms with E-state index < -0.39 is 6.04 Å². The maximum atomic E-state index is 13.2. The molecule has 0 bridgehead atoms. The van der Waals surface area contributed by atoms with E-state index >= 15 is 0 Å². The summed E-state index contributed by atoms with van der Waals surface area (Å²) in [4.78, 5) is 27.8. The molecule has 6 heteroatoms. The predicted octanol–water partition coefficient (Wildman–Crippen LogP) is 5.30. The van der Waals surface area contributed by atoms with Gasteiger partial charge in [0.1, 0.15) is 6.04 Å². The van der Waals surface area contributed by atoms with Crippen LogP contribution in [-0.4, -0.2) is 34.0 Å². The summed E-state index contributed by atoms with van der Waals surface area (Å²) in [7, 11) is 0. The van der Waals surface area contributed by atoms with E-state index in [2.05, 4.69) is 5.32 Å². The monoisotopic (exact) mass is 446 g/mol. The van der Waals surface area contributed by atoms with Crippen LogP contribution in [0.2, 0.25) is 5.02 Å². The first kappa shape index (κ1) is 24.3. The number of hydrogen-bond acceptors (Lipinski definition) is 3. The van der Waals surface area contributed by atoms with Gasteiger partial charge in [0, 0.05) is 22.9 Å². The highest BCUT2D eigenvalue weighted by molar-refractivity contribution is 7.99. The summed E-state index contributed by atoms with van der Waals surface area (Å²) >= 11 is 7.58. The number of thioether (sulfide) groups is 1. The zero-order chi connectivity index (χ0) is 22.1. The average molecular weight is 447 g/mol. The van der Waals surface area contributed by atoms with Crippen LogP contribution < -0.4 is 5.32 Å². The zero-order valence-electron chi connectivity index (χ0n) is 18.2. The second-order valence-electron chi connectivity index (χ2n) is 8.29. The second kappa shape index (κ2) is 11.4. The Morgan fingerprint density at radius 1 is 1.07 bits per heavy atom. The lowest BCUT2D eigenvalue weighted by Crippen LogP contribution is -2.53. The van der Waals surface area contributed by atoms with E-state index in [1.807, 2.05) is 82.3 Å². The molecule has 0 aliphatic heterocycles. The Hall–Kier alpha value is -1.98. The third-order valence-electron chi connectivity index (χ3n) is 4.46. The molecule has 1 unspecified atom stereocenters. The van der Waals surface area contributed by atoms with Gasteiger partial charge in [-0.25, -0.2) is 0 Å². The molecule has 2 rings (SSSR count). The van der Waals surface area contributed by atoms with E-state index in [1.54, 1.807) is 4.90 Å². The fourth-order valence-corrected chi connectivity index (χ4v) is 4.19. The highest BCUT2D eigenvalue weighted by Gasteiger charge is 2.30. The van der Waals surface area contributed by atoms with Crippen LogP contribution in [0.15, 0.2) is 54.6 Å². The summed E-state index contributed by atoms with van der Waals surface area (Å²) in [6.45, 7) is 8.19. The fraction of sp³-hybridized carbons (Fsp3) is 0.417. The SMILES string of the molecule is CCC(C(=O)NC(C)(C)C)N(Cc1ccccc1)C(=O)CSCc1cccc(Cl)c1. The van der Waals surface area contributed by atoms with Gasteiger partial charge >= 0.3 is 0 Å². The number of benzene rings is 2. The van der Waals surface area contributed by atoms with Crippen LogP contribution in [-0.2, 0) is 21.9 Å². The Balaban J connectivity index is 2.12. The van der Waals surface area contributed by atoms with E-state index in [-0.39, 0.29) is 17.4 Å². The molecule has 0 aliphatic carbocycles. The molecule has 0 saturated heterocycles. The van der Waals surface area contributed by atoms with Crippen molar-refractivity contribution < 1.29 is 9.59 Å². The van der Waals surface area contributed by atoms with Gasteiger partial charge in [0.15, 0.2) is 0 Å². The number of nitrogens with one attached hydrogen (secondary N) is 1. The molecule has 0 aliphatic rings. The maximum Gasteiger partial charge on any atom is 0.243 e. The molecule has 0 aromatic heterocycles. The lowest BCUT2D eigenvalue weighted by molar-refractivity contribution is -0.140. The van der Waals surface area contributed by atoms with Crippen molar-refractivity contribution in [3.63, 3.8) is 0 Å². The van der Waals surface area contributed by atoms with Crippen LogP contribution in [0, 0.1) is 0 Å². The molecule has 2 aromatic carbocycles. The summed E-state index contributed by atoms with van der Waals surface area (Å²) < 4.78 is 0. The zero-order valence-corrected chi connectivity index (χ0v) is 19.7. The molecule has 2 amide bonds. The van der Waals surface area contributed by atoms with Crippen molar-refractivity contribution in [3.8, 4) is 0 Å². The maximum absolute atomic E-state index is 13.2. The molecule has 0 fully saturated rings. The second-order valence-corrected chi connectivity index (χ2v) is 9.72. The fourth-order valence-electron chi connectivity index (χ4n) is 3.12. The van der Waals surface area contributed by atoms with Gasteiger partial charge in [-0.15, -0.1) is 11.8 Å². The van der Waals surface area contributed by atoms with E-state index in [4.69, 9.17) is 11.6 Å². The van der Waals surface area contributed by atoms with Gasteiger partial charge in [0.05, 0.1) is 5.75 Å². The predicted molar refractivity (Wildman–Crippen MR) is 127 cm³/mol. The number of rotatable bonds is 9. The van der Waals surface area contributed by atoms with Crippen LogP contribution in [0.25, 0.3) is 0 Å². The van der Waals surface area contributed by atoms with Crippen molar-refractivity contribution in [3.05, 3.63) is 70.7 Å². The molecule has 30 heavy (non-hydrogen) atoms. The van der Waals surface area contributed by atoms with Gasteiger partial charge in [-0.05, 0) is 50.5 Å². The summed E-state index contributed by atoms with van der Waals surface area (Å²) in [6, 6.07) is 16.9. The molecule has 4 nitrogen and oxygen atoms in total. The van der Waals surface area contributed by atoms with Crippen LogP contribution in [0.5, 0.6) is 0 Å². The van der Waals surface area contributed by atoms with Gasteiger partial charge in [-0.1, -0.05) is 61.0 Å². The Bertz CT molecular complexity index is 837. The minimum atomic E-state index is -0.510. The largest absolute Gasteiger partial charge is 0.350 e. The Labute approximate surface area is 189 Å². The number of carbonyl (C=O) groups excluding carboxylic acids is 2. The third-order valence-corrected chi connectivity index (χ3v) is 5.69. The molecule has 0 radical (unpaired) electrons. The normalized spacial score (nSPS) is 12.3. The average Bonchev–Trinajstić information content (AvgIpc) is 2.67. The number of amides is 2. The topological polar surface area (TPSA) is 49.4 Å². The van der Waals surface area contributed by atoms with Crippen molar-refractivity contribution in [2.45, 2.75) is 58.0 Å². The Kier molecular flexibility index (Phi) is 9.25. The lowest BCUT2D eigenvalue weighted by atomic mass is 10.1. The molecular formula is C24H31ClN2O2S. The van der Waals surface area contributed by atoms with Crippen molar-refractivity contribution in [2.24, 2.45) is 0 Å².